The van der Waals surface area contributed by atoms with Crippen molar-refractivity contribution in [1.29, 1.82) is 0 Å². The summed E-state index contributed by atoms with van der Waals surface area (Å²) in [5.74, 6) is 0.426. The van der Waals surface area contributed by atoms with Crippen molar-refractivity contribution in [2.24, 2.45) is 10.2 Å². The van der Waals surface area contributed by atoms with E-state index in [0.717, 1.165) is 5.52 Å². The molecule has 2 aromatic carbocycles. The highest BCUT2D eigenvalue weighted by molar-refractivity contribution is 5.95. The molecule has 1 N–H and O–H groups in total. The number of nitrogens with zero attached hydrogens (tertiary/aromatic N) is 3. The van der Waals surface area contributed by atoms with Crippen LogP contribution in [0.15, 0.2) is 71.4 Å². The van der Waals surface area contributed by atoms with Crippen molar-refractivity contribution < 1.29 is 19.4 Å². The average Bonchev–Trinajstić information content (AvgIpc) is 2.97. The maximum atomic E-state index is 12.4. The van der Waals surface area contributed by atoms with Crippen molar-refractivity contribution in [3.63, 3.8) is 0 Å². The Balaban J connectivity index is 1.61. The molecule has 4 rings (SSSR count). The first-order valence-electron chi connectivity index (χ1n) is 8.44. The minimum Gasteiger partial charge on any atom is -0.493 e. The molecule has 136 valence electrons. The van der Waals surface area contributed by atoms with Crippen LogP contribution in [0.2, 0.25) is 0 Å². The Morgan fingerprint density at radius 2 is 1.96 bits per heavy atom. The summed E-state index contributed by atoms with van der Waals surface area (Å²) in [4.78, 5) is 12.4. The van der Waals surface area contributed by atoms with E-state index < -0.39 is 12.0 Å². The van der Waals surface area contributed by atoms with E-state index in [0.29, 0.717) is 23.4 Å². The van der Waals surface area contributed by atoms with Crippen LogP contribution < -0.4 is 9.47 Å². The van der Waals surface area contributed by atoms with Crippen LogP contribution in [0.1, 0.15) is 0 Å². The maximum absolute atomic E-state index is 12.4. The van der Waals surface area contributed by atoms with Gasteiger partial charge in [0.15, 0.2) is 17.2 Å². The fraction of sp³-hybridized carbons (Fsp3) is 0.150. The first-order chi connectivity index (χ1) is 13.2. The molecule has 7 nitrogen and oxygen atoms in total. The molecule has 1 aliphatic heterocycles. The van der Waals surface area contributed by atoms with Crippen LogP contribution in [0.3, 0.4) is 0 Å². The Morgan fingerprint density at radius 1 is 1.22 bits per heavy atom. The number of allylic oxidation sites excluding steroid dienone is 1. The minimum atomic E-state index is -0.882. The number of aromatic hydroxyl groups is 1. The molecule has 1 aliphatic rings. The number of carbonyl (C=O) groups is 1. The summed E-state index contributed by atoms with van der Waals surface area (Å²) in [6, 6.07) is 14.5. The number of ether oxygens (including phenoxy) is 2. The lowest BCUT2D eigenvalue weighted by Gasteiger charge is -2.23. The molecule has 27 heavy (non-hydrogen) atoms. The van der Waals surface area contributed by atoms with E-state index in [2.05, 4.69) is 16.8 Å². The molecule has 1 aromatic heterocycles. The molecule has 0 aliphatic carbocycles. The Bertz CT molecular complexity index is 1050. The van der Waals surface area contributed by atoms with Gasteiger partial charge in [0.25, 0.3) is 0 Å². The summed E-state index contributed by atoms with van der Waals surface area (Å²) >= 11 is 0. The van der Waals surface area contributed by atoms with Gasteiger partial charge in [-0.25, -0.2) is 0 Å². The largest absolute Gasteiger partial charge is 0.493 e. The van der Waals surface area contributed by atoms with E-state index in [1.807, 2.05) is 30.3 Å². The monoisotopic (exact) mass is 363 g/mol. The van der Waals surface area contributed by atoms with E-state index in [9.17, 15) is 9.90 Å². The number of hydrogen-bond acceptors (Lipinski definition) is 5. The van der Waals surface area contributed by atoms with Gasteiger partial charge in [0.1, 0.15) is 6.61 Å². The minimum absolute atomic E-state index is 0.0546. The fourth-order valence-corrected chi connectivity index (χ4v) is 2.99. The van der Waals surface area contributed by atoms with E-state index in [-0.39, 0.29) is 18.2 Å². The number of amides is 1. The van der Waals surface area contributed by atoms with Crippen LogP contribution in [0.4, 0.5) is 5.69 Å². The second-order valence-corrected chi connectivity index (χ2v) is 5.99. The SMILES string of the molecule is C=CCn1c(O)c(N=NC(=O)C2COc3ccccc3O2)c2ccccc21. The number of para-hydroxylation sites is 3. The van der Waals surface area contributed by atoms with Crippen molar-refractivity contribution in [2.45, 2.75) is 12.6 Å². The number of aromatic nitrogens is 1. The molecule has 2 heterocycles. The number of carbonyl (C=O) groups excluding carboxylic acids is 1. The summed E-state index contributed by atoms with van der Waals surface area (Å²) in [5.41, 5.74) is 1.01. The quantitative estimate of drug-likeness (QED) is 0.561. The fourth-order valence-electron chi connectivity index (χ4n) is 2.99. The molecule has 0 fully saturated rings. The lowest BCUT2D eigenvalue weighted by Crippen LogP contribution is -2.35. The number of azo groups is 1. The van der Waals surface area contributed by atoms with Crippen LogP contribution in [0.5, 0.6) is 17.4 Å². The lowest BCUT2D eigenvalue weighted by atomic mass is 10.2. The van der Waals surface area contributed by atoms with Crippen molar-refractivity contribution in [3.8, 4) is 17.4 Å². The van der Waals surface area contributed by atoms with E-state index >= 15 is 0 Å². The molecule has 0 radical (unpaired) electrons. The molecule has 0 saturated heterocycles. The third kappa shape index (κ3) is 3.03. The maximum Gasteiger partial charge on any atom is 0.308 e. The van der Waals surface area contributed by atoms with Gasteiger partial charge < -0.3 is 19.1 Å². The summed E-state index contributed by atoms with van der Waals surface area (Å²) in [6.07, 6.45) is 0.787. The second-order valence-electron chi connectivity index (χ2n) is 5.99. The second kappa shape index (κ2) is 6.95. The Kier molecular flexibility index (Phi) is 4.33. The highest BCUT2D eigenvalue weighted by Gasteiger charge is 2.27. The van der Waals surface area contributed by atoms with Crippen LogP contribution in [0, 0.1) is 0 Å². The van der Waals surface area contributed by atoms with Gasteiger partial charge in [-0.1, -0.05) is 36.4 Å². The zero-order chi connectivity index (χ0) is 18.8. The third-order valence-corrected chi connectivity index (χ3v) is 4.26. The van der Waals surface area contributed by atoms with E-state index in [4.69, 9.17) is 9.47 Å². The highest BCUT2D eigenvalue weighted by atomic mass is 16.6. The Hall–Kier alpha value is -3.61. The summed E-state index contributed by atoms with van der Waals surface area (Å²) < 4.78 is 12.8. The predicted octanol–water partition coefficient (Wildman–Crippen LogP) is 3.98. The normalized spacial score (nSPS) is 15.9. The zero-order valence-corrected chi connectivity index (χ0v) is 14.4. The number of rotatable bonds is 4. The van der Waals surface area contributed by atoms with Crippen molar-refractivity contribution in [3.05, 3.63) is 61.2 Å². The number of fused-ring (bicyclic) bond motifs is 2. The smallest absolute Gasteiger partial charge is 0.308 e. The van der Waals surface area contributed by atoms with Gasteiger partial charge in [0.2, 0.25) is 12.0 Å². The molecule has 0 bridgehead atoms. The molecule has 1 atom stereocenters. The van der Waals surface area contributed by atoms with Gasteiger partial charge in [-0.2, -0.15) is 0 Å². The van der Waals surface area contributed by atoms with Gasteiger partial charge in [-0.05, 0) is 18.2 Å². The van der Waals surface area contributed by atoms with Crippen molar-refractivity contribution in [1.82, 2.24) is 4.57 Å². The van der Waals surface area contributed by atoms with Crippen LogP contribution in [-0.2, 0) is 11.3 Å². The molecular weight excluding hydrogens is 346 g/mol. The summed E-state index contributed by atoms with van der Waals surface area (Å²) in [5, 5.41) is 18.9. The molecule has 3 aromatic rings. The standard InChI is InChI=1S/C20H17N3O4/c1-2-11-23-14-8-4-3-7-13(14)18(20(23)25)21-22-19(24)17-12-26-15-9-5-6-10-16(15)27-17/h2-10,17,25H,1,11-12H2. The summed E-state index contributed by atoms with van der Waals surface area (Å²) in [7, 11) is 0. The molecule has 1 unspecified atom stereocenters. The first kappa shape index (κ1) is 16.8. The molecule has 0 spiro atoms. The predicted molar refractivity (Wildman–Crippen MR) is 99.7 cm³/mol. The van der Waals surface area contributed by atoms with Gasteiger partial charge >= 0.3 is 5.91 Å². The van der Waals surface area contributed by atoms with Gasteiger partial charge in [0, 0.05) is 11.9 Å². The topological polar surface area (TPSA) is 85.4 Å². The molecular formula is C20H17N3O4. The van der Waals surface area contributed by atoms with E-state index in [1.54, 1.807) is 28.8 Å². The van der Waals surface area contributed by atoms with Crippen LogP contribution >= 0.6 is 0 Å². The molecule has 7 heteroatoms. The zero-order valence-electron chi connectivity index (χ0n) is 14.4. The first-order valence-corrected chi connectivity index (χ1v) is 8.44. The highest BCUT2D eigenvalue weighted by Crippen LogP contribution is 2.39. The van der Waals surface area contributed by atoms with Crippen molar-refractivity contribution in [2.75, 3.05) is 6.61 Å². The van der Waals surface area contributed by atoms with Crippen LogP contribution in [0.25, 0.3) is 10.9 Å². The molecule has 0 saturated carbocycles. The summed E-state index contributed by atoms with van der Waals surface area (Å²) in [6.45, 7) is 4.16. The van der Waals surface area contributed by atoms with Gasteiger partial charge in [-0.3, -0.25) is 4.79 Å². The Morgan fingerprint density at radius 3 is 2.78 bits per heavy atom. The Labute approximate surface area is 155 Å². The number of benzene rings is 2. The van der Waals surface area contributed by atoms with Crippen LogP contribution in [-0.4, -0.2) is 28.3 Å². The third-order valence-electron chi connectivity index (χ3n) is 4.26. The van der Waals surface area contributed by atoms with Gasteiger partial charge in [-0.15, -0.1) is 16.8 Å². The lowest BCUT2D eigenvalue weighted by molar-refractivity contribution is -0.127. The molecule has 1 amide bonds. The number of hydrogen-bond donors (Lipinski definition) is 1. The van der Waals surface area contributed by atoms with Gasteiger partial charge in [0.05, 0.1) is 5.52 Å². The average molecular weight is 363 g/mol. The van der Waals surface area contributed by atoms with Crippen molar-refractivity contribution >= 4 is 22.5 Å². The van der Waals surface area contributed by atoms with E-state index in [1.165, 1.54) is 0 Å².